The molecule has 0 spiro atoms. The van der Waals surface area contributed by atoms with E-state index in [4.69, 9.17) is 4.74 Å². The van der Waals surface area contributed by atoms with E-state index in [9.17, 15) is 9.59 Å². The minimum Gasteiger partial charge on any atom is -0.372 e. The largest absolute Gasteiger partial charge is 0.372 e. The molecule has 1 saturated heterocycles. The van der Waals surface area contributed by atoms with Gasteiger partial charge in [-0.05, 0) is 50.3 Å². The van der Waals surface area contributed by atoms with Crippen molar-refractivity contribution in [2.45, 2.75) is 51.9 Å². The molecule has 0 radical (unpaired) electrons. The Bertz CT molecular complexity index is 658. The fraction of sp³-hybridized carbons (Fsp3) is 0.524. The van der Waals surface area contributed by atoms with E-state index >= 15 is 0 Å². The Hall–Kier alpha value is -2.14. The van der Waals surface area contributed by atoms with Gasteiger partial charge in [-0.15, -0.1) is 0 Å². The average Bonchev–Trinajstić information content (AvgIpc) is 3.12. The number of ether oxygens (including phenoxy) is 1. The topological polar surface area (TPSA) is 58.6 Å². The van der Waals surface area contributed by atoms with Crippen LogP contribution in [-0.4, -0.2) is 42.0 Å². The lowest BCUT2D eigenvalue weighted by atomic mass is 10.0. The number of morpholine rings is 1. The molecule has 0 bridgehead atoms. The van der Waals surface area contributed by atoms with Crippen molar-refractivity contribution in [3.05, 3.63) is 47.5 Å². The van der Waals surface area contributed by atoms with E-state index in [2.05, 4.69) is 17.5 Å². The Balaban J connectivity index is 1.50. The van der Waals surface area contributed by atoms with E-state index < -0.39 is 0 Å². The van der Waals surface area contributed by atoms with Gasteiger partial charge in [0.25, 0.3) is 5.91 Å². The molecule has 1 aromatic rings. The minimum atomic E-state index is 0.0376. The molecule has 0 aromatic heterocycles. The van der Waals surface area contributed by atoms with Gasteiger partial charge in [0.2, 0.25) is 5.91 Å². The summed E-state index contributed by atoms with van der Waals surface area (Å²) in [5.74, 6) is 0.502. The lowest BCUT2D eigenvalue weighted by molar-refractivity contribution is -0.121. The van der Waals surface area contributed by atoms with E-state index in [1.807, 2.05) is 43.0 Å². The van der Waals surface area contributed by atoms with Crippen molar-refractivity contribution in [2.24, 2.45) is 5.92 Å². The minimum absolute atomic E-state index is 0.0376. The van der Waals surface area contributed by atoms with Crippen LogP contribution in [0.2, 0.25) is 0 Å². The van der Waals surface area contributed by atoms with Gasteiger partial charge in [0, 0.05) is 31.6 Å². The normalized spacial score (nSPS) is 25.3. The first kappa shape index (κ1) is 18.6. The van der Waals surface area contributed by atoms with Crippen LogP contribution in [0.25, 0.3) is 0 Å². The first-order chi connectivity index (χ1) is 12.5. The number of benzene rings is 1. The van der Waals surface area contributed by atoms with Crippen molar-refractivity contribution < 1.29 is 14.3 Å². The smallest absolute Gasteiger partial charge is 0.254 e. The molecular formula is C21H28N2O3. The fourth-order valence-electron chi connectivity index (χ4n) is 3.67. The monoisotopic (exact) mass is 356 g/mol. The first-order valence-electron chi connectivity index (χ1n) is 9.48. The van der Waals surface area contributed by atoms with Crippen molar-refractivity contribution in [3.8, 4) is 0 Å². The number of allylic oxidation sites excluding steroid dienone is 2. The van der Waals surface area contributed by atoms with Gasteiger partial charge in [-0.3, -0.25) is 9.59 Å². The van der Waals surface area contributed by atoms with E-state index in [0.29, 0.717) is 37.5 Å². The van der Waals surface area contributed by atoms with E-state index in [-0.39, 0.29) is 24.0 Å². The van der Waals surface area contributed by atoms with Crippen LogP contribution in [0.1, 0.15) is 49.0 Å². The highest BCUT2D eigenvalue weighted by Crippen LogP contribution is 2.20. The molecule has 1 N–H and O–H groups in total. The van der Waals surface area contributed by atoms with Gasteiger partial charge in [-0.2, -0.15) is 0 Å². The summed E-state index contributed by atoms with van der Waals surface area (Å²) in [7, 11) is 0. The maximum Gasteiger partial charge on any atom is 0.254 e. The van der Waals surface area contributed by atoms with Gasteiger partial charge in [-0.1, -0.05) is 24.3 Å². The maximum atomic E-state index is 12.7. The second kappa shape index (κ2) is 8.49. The summed E-state index contributed by atoms with van der Waals surface area (Å²) in [6.07, 6.45) is 7.10. The van der Waals surface area contributed by atoms with E-state index in [1.165, 1.54) is 0 Å². The highest BCUT2D eigenvalue weighted by Gasteiger charge is 2.26. The van der Waals surface area contributed by atoms with Crippen molar-refractivity contribution in [3.63, 3.8) is 0 Å². The molecule has 0 saturated carbocycles. The number of hydrogen-bond acceptors (Lipinski definition) is 3. The first-order valence-corrected chi connectivity index (χ1v) is 9.48. The zero-order chi connectivity index (χ0) is 18.5. The van der Waals surface area contributed by atoms with Gasteiger partial charge in [0.15, 0.2) is 0 Å². The molecule has 26 heavy (non-hydrogen) atoms. The molecule has 3 atom stereocenters. The van der Waals surface area contributed by atoms with Crippen LogP contribution in [0.5, 0.6) is 0 Å². The molecule has 1 heterocycles. The van der Waals surface area contributed by atoms with Crippen LogP contribution >= 0.6 is 0 Å². The molecule has 2 aliphatic rings. The van der Waals surface area contributed by atoms with Gasteiger partial charge >= 0.3 is 0 Å². The SMILES string of the molecule is C[C@@H]1CN(C(=O)c2ccc(CNC(=O)C[C@H]3C=CCC3)cc2)C[C@@H](C)O1. The number of nitrogens with zero attached hydrogens (tertiary/aromatic N) is 1. The summed E-state index contributed by atoms with van der Waals surface area (Å²) in [6, 6.07) is 7.51. The molecule has 5 heteroatoms. The summed E-state index contributed by atoms with van der Waals surface area (Å²) in [4.78, 5) is 26.5. The highest BCUT2D eigenvalue weighted by atomic mass is 16.5. The number of amides is 2. The van der Waals surface area contributed by atoms with Crippen molar-refractivity contribution in [2.75, 3.05) is 13.1 Å². The average molecular weight is 356 g/mol. The number of carbonyl (C=O) groups is 2. The van der Waals surface area contributed by atoms with Crippen LogP contribution in [0.4, 0.5) is 0 Å². The van der Waals surface area contributed by atoms with Crippen LogP contribution < -0.4 is 5.32 Å². The highest BCUT2D eigenvalue weighted by molar-refractivity contribution is 5.94. The predicted octanol–water partition coefficient (Wildman–Crippen LogP) is 2.91. The summed E-state index contributed by atoms with van der Waals surface area (Å²) >= 11 is 0. The van der Waals surface area contributed by atoms with Gasteiger partial charge < -0.3 is 15.0 Å². The molecule has 2 amide bonds. The second-order valence-corrected chi connectivity index (χ2v) is 7.41. The van der Waals surface area contributed by atoms with Gasteiger partial charge in [-0.25, -0.2) is 0 Å². The van der Waals surface area contributed by atoms with E-state index in [0.717, 1.165) is 18.4 Å². The molecule has 3 rings (SSSR count). The van der Waals surface area contributed by atoms with Crippen LogP contribution in [0.15, 0.2) is 36.4 Å². The quantitative estimate of drug-likeness (QED) is 0.825. The summed E-state index contributed by atoms with van der Waals surface area (Å²) in [6.45, 7) is 5.72. The second-order valence-electron chi connectivity index (χ2n) is 7.41. The molecule has 140 valence electrons. The molecular weight excluding hydrogens is 328 g/mol. The Labute approximate surface area is 155 Å². The Morgan fingerprint density at radius 1 is 1.15 bits per heavy atom. The molecule has 1 aliphatic heterocycles. The third-order valence-electron chi connectivity index (χ3n) is 4.96. The lowest BCUT2D eigenvalue weighted by Crippen LogP contribution is -2.48. The van der Waals surface area contributed by atoms with Crippen LogP contribution in [0, 0.1) is 5.92 Å². The number of carbonyl (C=O) groups excluding carboxylic acids is 2. The zero-order valence-electron chi connectivity index (χ0n) is 15.6. The number of nitrogens with one attached hydrogen (secondary N) is 1. The maximum absolute atomic E-state index is 12.7. The third-order valence-corrected chi connectivity index (χ3v) is 4.96. The molecule has 0 unspecified atom stereocenters. The number of hydrogen-bond donors (Lipinski definition) is 1. The summed E-state index contributed by atoms with van der Waals surface area (Å²) in [5, 5.41) is 2.96. The van der Waals surface area contributed by atoms with Crippen molar-refractivity contribution >= 4 is 11.8 Å². The third kappa shape index (κ3) is 4.94. The van der Waals surface area contributed by atoms with Crippen LogP contribution in [-0.2, 0) is 16.1 Å². The Morgan fingerprint density at radius 3 is 2.46 bits per heavy atom. The van der Waals surface area contributed by atoms with Crippen molar-refractivity contribution in [1.29, 1.82) is 0 Å². The van der Waals surface area contributed by atoms with Gasteiger partial charge in [0.05, 0.1) is 12.2 Å². The molecule has 5 nitrogen and oxygen atoms in total. The predicted molar refractivity (Wildman–Crippen MR) is 101 cm³/mol. The fourth-order valence-corrected chi connectivity index (χ4v) is 3.67. The number of rotatable bonds is 5. The lowest BCUT2D eigenvalue weighted by Gasteiger charge is -2.35. The Morgan fingerprint density at radius 2 is 1.85 bits per heavy atom. The van der Waals surface area contributed by atoms with E-state index in [1.54, 1.807) is 0 Å². The van der Waals surface area contributed by atoms with Crippen LogP contribution in [0.3, 0.4) is 0 Å². The molecule has 1 aliphatic carbocycles. The van der Waals surface area contributed by atoms with Gasteiger partial charge in [0.1, 0.15) is 0 Å². The summed E-state index contributed by atoms with van der Waals surface area (Å²) in [5.41, 5.74) is 1.68. The standard InChI is InChI=1S/C21H28N2O3/c1-15-13-23(14-16(2)26-15)21(25)19-9-7-18(8-10-19)12-22-20(24)11-17-5-3-4-6-17/h3,5,7-10,15-17H,4,6,11-14H2,1-2H3,(H,22,24)/t15-,16-,17+/m1/s1. The van der Waals surface area contributed by atoms with Crippen molar-refractivity contribution in [1.82, 2.24) is 10.2 Å². The Kier molecular flexibility index (Phi) is 6.09. The zero-order valence-corrected chi connectivity index (χ0v) is 15.6. The summed E-state index contributed by atoms with van der Waals surface area (Å²) < 4.78 is 5.69. The molecule has 1 aromatic carbocycles. The molecule has 1 fully saturated rings.